The van der Waals surface area contributed by atoms with Crippen LogP contribution in [-0.2, 0) is 4.74 Å². The third-order valence-electron chi connectivity index (χ3n) is 0.907. The summed E-state index contributed by atoms with van der Waals surface area (Å²) in [5.74, 6) is 0.0438. The first-order valence-electron chi connectivity index (χ1n) is 3.19. The van der Waals surface area contributed by atoms with Gasteiger partial charge in [-0.15, -0.1) is 0 Å². The minimum absolute atomic E-state index is 0.0438. The van der Waals surface area contributed by atoms with Crippen molar-refractivity contribution >= 4 is 0 Å². The molecule has 0 amide bonds. The molecule has 0 bridgehead atoms. The predicted molar refractivity (Wildman–Crippen MR) is 39.3 cm³/mol. The lowest BCUT2D eigenvalue weighted by molar-refractivity contribution is -0.165. The molecular weight excluding hydrogens is 171 g/mol. The number of allylic oxidation sites excluding steroid dienone is 2. The highest BCUT2D eigenvalue weighted by atomic mass is 19.4. The first kappa shape index (κ1) is 10.9. The molecule has 0 radical (unpaired) electrons. The maximum absolute atomic E-state index is 11.6. The van der Waals surface area contributed by atoms with Crippen LogP contribution in [-0.4, -0.2) is 19.8 Å². The molecular formula is C7H10F3NO. The van der Waals surface area contributed by atoms with E-state index in [1.165, 1.54) is 19.2 Å². The maximum atomic E-state index is 11.6. The Morgan fingerprint density at radius 3 is 2.50 bits per heavy atom. The molecule has 0 spiro atoms. The van der Waals surface area contributed by atoms with E-state index in [0.29, 0.717) is 0 Å². The molecule has 0 rings (SSSR count). The molecule has 0 atom stereocenters. The zero-order valence-corrected chi connectivity index (χ0v) is 6.61. The summed E-state index contributed by atoms with van der Waals surface area (Å²) in [6, 6.07) is 0. The van der Waals surface area contributed by atoms with Crippen molar-refractivity contribution in [1.82, 2.24) is 5.32 Å². The molecule has 0 saturated heterocycles. The molecule has 2 nitrogen and oxygen atoms in total. The average Bonchev–Trinajstić information content (AvgIpc) is 1.96. The third kappa shape index (κ3) is 5.64. The predicted octanol–water partition coefficient (Wildman–Crippen LogP) is 1.81. The fraction of sp³-hybridized carbons (Fsp3) is 0.429. The lowest BCUT2D eigenvalue weighted by Gasteiger charge is -2.10. The molecule has 0 aliphatic rings. The van der Waals surface area contributed by atoms with Gasteiger partial charge in [0.25, 0.3) is 0 Å². The summed E-state index contributed by atoms with van der Waals surface area (Å²) in [4.78, 5) is 0. The van der Waals surface area contributed by atoms with Gasteiger partial charge in [0.2, 0.25) is 0 Å². The van der Waals surface area contributed by atoms with Crippen LogP contribution in [0.1, 0.15) is 0 Å². The zero-order valence-electron chi connectivity index (χ0n) is 6.61. The van der Waals surface area contributed by atoms with Crippen molar-refractivity contribution in [3.05, 3.63) is 24.6 Å². The lowest BCUT2D eigenvalue weighted by Crippen LogP contribution is -2.20. The molecule has 0 aliphatic carbocycles. The Labute approximate surface area is 68.7 Å². The van der Waals surface area contributed by atoms with Gasteiger partial charge in [0.15, 0.2) is 12.5 Å². The van der Waals surface area contributed by atoms with Crippen LogP contribution in [0.2, 0.25) is 0 Å². The Morgan fingerprint density at radius 1 is 1.58 bits per heavy atom. The van der Waals surface area contributed by atoms with Crippen molar-refractivity contribution in [3.8, 4) is 0 Å². The van der Waals surface area contributed by atoms with Crippen LogP contribution in [0.25, 0.3) is 0 Å². The van der Waals surface area contributed by atoms with Gasteiger partial charge >= 0.3 is 6.18 Å². The Kier molecular flexibility index (Phi) is 4.25. The summed E-state index contributed by atoms with van der Waals surface area (Å²) in [5.41, 5.74) is 0. The number of nitrogens with one attached hydrogen (secondary N) is 1. The first-order valence-corrected chi connectivity index (χ1v) is 3.19. The second-order valence-electron chi connectivity index (χ2n) is 1.92. The molecule has 0 heterocycles. The van der Waals surface area contributed by atoms with Crippen molar-refractivity contribution in [1.29, 1.82) is 0 Å². The van der Waals surface area contributed by atoms with Crippen molar-refractivity contribution < 1.29 is 17.9 Å². The van der Waals surface area contributed by atoms with E-state index in [2.05, 4.69) is 16.6 Å². The van der Waals surface area contributed by atoms with Gasteiger partial charge in [-0.3, -0.25) is 0 Å². The molecule has 0 aliphatic heterocycles. The van der Waals surface area contributed by atoms with Crippen molar-refractivity contribution in [2.24, 2.45) is 0 Å². The zero-order chi connectivity index (χ0) is 9.61. The SMILES string of the molecule is C=C/C=C(\NC)OCC(F)(F)F. The van der Waals surface area contributed by atoms with Crippen molar-refractivity contribution in [2.75, 3.05) is 13.7 Å². The average molecular weight is 181 g/mol. The maximum Gasteiger partial charge on any atom is 0.422 e. The Balaban J connectivity index is 3.89. The summed E-state index contributed by atoms with van der Waals surface area (Å²) in [5, 5.41) is 2.44. The number of hydrogen-bond donors (Lipinski definition) is 1. The topological polar surface area (TPSA) is 21.3 Å². The van der Waals surface area contributed by atoms with Gasteiger partial charge in [0, 0.05) is 7.05 Å². The van der Waals surface area contributed by atoms with Crippen LogP contribution in [0, 0.1) is 0 Å². The van der Waals surface area contributed by atoms with Crippen LogP contribution in [0.3, 0.4) is 0 Å². The number of halogens is 3. The summed E-state index contributed by atoms with van der Waals surface area (Å²) in [7, 11) is 1.46. The van der Waals surface area contributed by atoms with Crippen LogP contribution in [0.15, 0.2) is 24.6 Å². The van der Waals surface area contributed by atoms with E-state index in [0.717, 1.165) is 0 Å². The normalized spacial score (nSPS) is 12.5. The summed E-state index contributed by atoms with van der Waals surface area (Å²) in [6.45, 7) is 2.02. The molecule has 0 aromatic rings. The first-order chi connectivity index (χ1) is 5.49. The van der Waals surface area contributed by atoms with Crippen LogP contribution >= 0.6 is 0 Å². The van der Waals surface area contributed by atoms with Crippen LogP contribution in [0.5, 0.6) is 0 Å². The molecule has 0 saturated carbocycles. The summed E-state index contributed by atoms with van der Waals surface area (Å²) >= 11 is 0. The van der Waals surface area contributed by atoms with E-state index in [9.17, 15) is 13.2 Å². The largest absolute Gasteiger partial charge is 0.470 e. The second-order valence-corrected chi connectivity index (χ2v) is 1.92. The van der Waals surface area contributed by atoms with Crippen molar-refractivity contribution in [3.63, 3.8) is 0 Å². The summed E-state index contributed by atoms with van der Waals surface area (Å²) < 4.78 is 39.1. The molecule has 70 valence electrons. The molecule has 0 unspecified atom stereocenters. The van der Waals surface area contributed by atoms with Crippen LogP contribution < -0.4 is 5.32 Å². The number of rotatable bonds is 4. The summed E-state index contributed by atoms with van der Waals surface area (Å²) in [6.07, 6.45) is -1.66. The van der Waals surface area contributed by atoms with E-state index in [1.54, 1.807) is 0 Å². The van der Waals surface area contributed by atoms with Gasteiger partial charge in [0.1, 0.15) is 0 Å². The fourth-order valence-corrected chi connectivity index (χ4v) is 0.470. The van der Waals surface area contributed by atoms with Gasteiger partial charge in [-0.1, -0.05) is 12.7 Å². The Morgan fingerprint density at radius 2 is 2.17 bits per heavy atom. The quantitative estimate of drug-likeness (QED) is 0.527. The van der Waals surface area contributed by atoms with E-state index in [1.807, 2.05) is 0 Å². The van der Waals surface area contributed by atoms with Gasteiger partial charge in [0.05, 0.1) is 0 Å². The Hall–Kier alpha value is -1.13. The monoisotopic (exact) mass is 181 g/mol. The molecule has 12 heavy (non-hydrogen) atoms. The lowest BCUT2D eigenvalue weighted by atomic mass is 10.5. The minimum Gasteiger partial charge on any atom is -0.470 e. The minimum atomic E-state index is -4.31. The highest BCUT2D eigenvalue weighted by molar-refractivity contribution is 5.02. The fourth-order valence-electron chi connectivity index (χ4n) is 0.470. The van der Waals surface area contributed by atoms with Gasteiger partial charge < -0.3 is 10.1 Å². The molecule has 0 aromatic carbocycles. The highest BCUT2D eigenvalue weighted by Crippen LogP contribution is 2.15. The van der Waals surface area contributed by atoms with Crippen molar-refractivity contribution in [2.45, 2.75) is 6.18 Å². The second kappa shape index (κ2) is 4.69. The van der Waals surface area contributed by atoms with E-state index >= 15 is 0 Å². The molecule has 0 aromatic heterocycles. The number of alkyl halides is 3. The third-order valence-corrected chi connectivity index (χ3v) is 0.907. The smallest absolute Gasteiger partial charge is 0.422 e. The number of ether oxygens (including phenoxy) is 1. The standard InChI is InChI=1S/C7H10F3NO/c1-3-4-6(11-2)12-5-7(8,9)10/h3-4,11H,1,5H2,2H3/b6-4+. The molecule has 5 heteroatoms. The van der Waals surface area contributed by atoms with E-state index in [-0.39, 0.29) is 5.88 Å². The molecule has 0 fully saturated rings. The van der Waals surface area contributed by atoms with E-state index in [4.69, 9.17) is 0 Å². The van der Waals surface area contributed by atoms with Gasteiger partial charge in [-0.25, -0.2) is 0 Å². The molecule has 1 N–H and O–H groups in total. The van der Waals surface area contributed by atoms with Crippen LogP contribution in [0.4, 0.5) is 13.2 Å². The number of hydrogen-bond acceptors (Lipinski definition) is 2. The van der Waals surface area contributed by atoms with Gasteiger partial charge in [-0.2, -0.15) is 13.2 Å². The highest BCUT2D eigenvalue weighted by Gasteiger charge is 2.28. The van der Waals surface area contributed by atoms with E-state index < -0.39 is 12.8 Å². The van der Waals surface area contributed by atoms with Gasteiger partial charge in [-0.05, 0) is 6.08 Å². The Bertz CT molecular complexity index is 174.